The molecule has 0 saturated carbocycles. The summed E-state index contributed by atoms with van der Waals surface area (Å²) >= 11 is 0. The molecule has 5 nitrogen and oxygen atoms in total. The highest BCUT2D eigenvalue weighted by molar-refractivity contribution is 5.83. The summed E-state index contributed by atoms with van der Waals surface area (Å²) < 4.78 is 33.1. The summed E-state index contributed by atoms with van der Waals surface area (Å²) in [7, 11) is 1.27. The van der Waals surface area contributed by atoms with Crippen LogP contribution in [0.2, 0.25) is 0 Å². The van der Waals surface area contributed by atoms with E-state index in [2.05, 4.69) is 9.97 Å². The minimum atomic E-state index is -0.971. The van der Waals surface area contributed by atoms with Crippen molar-refractivity contribution < 1.29 is 18.3 Å². The van der Waals surface area contributed by atoms with Crippen molar-refractivity contribution in [1.82, 2.24) is 14.9 Å². The molecular formula is C18H15F2N3O2. The lowest BCUT2D eigenvalue weighted by molar-refractivity contribution is 0.107. The molecule has 0 aliphatic carbocycles. The molecule has 4 rings (SSSR count). The van der Waals surface area contributed by atoms with Crippen molar-refractivity contribution in [3.8, 4) is 0 Å². The van der Waals surface area contributed by atoms with Crippen molar-refractivity contribution in [1.29, 1.82) is 0 Å². The molecule has 1 aliphatic rings. The van der Waals surface area contributed by atoms with Crippen molar-refractivity contribution in [2.24, 2.45) is 0 Å². The van der Waals surface area contributed by atoms with Gasteiger partial charge in [0.1, 0.15) is 11.7 Å². The first-order chi connectivity index (χ1) is 12.1. The Bertz CT molecular complexity index is 970. The maximum atomic E-state index is 14.5. The lowest BCUT2D eigenvalue weighted by atomic mass is 9.92. The molecule has 1 aliphatic heterocycles. The van der Waals surface area contributed by atoms with Crippen LogP contribution in [0.25, 0.3) is 11.0 Å². The van der Waals surface area contributed by atoms with Gasteiger partial charge >= 0.3 is 6.09 Å². The van der Waals surface area contributed by atoms with E-state index in [1.807, 2.05) is 12.1 Å². The monoisotopic (exact) mass is 343 g/mol. The summed E-state index contributed by atoms with van der Waals surface area (Å²) in [6.07, 6.45) is 1.63. The molecule has 7 heteroatoms. The van der Waals surface area contributed by atoms with Gasteiger partial charge in [0, 0.05) is 29.4 Å². The van der Waals surface area contributed by atoms with Crippen LogP contribution < -0.4 is 0 Å². The van der Waals surface area contributed by atoms with Crippen LogP contribution >= 0.6 is 0 Å². The third-order valence-corrected chi connectivity index (χ3v) is 4.58. The van der Waals surface area contributed by atoms with Crippen LogP contribution in [-0.2, 0) is 11.2 Å². The molecule has 1 unspecified atom stereocenters. The summed E-state index contributed by atoms with van der Waals surface area (Å²) in [5.41, 5.74) is 2.32. The molecule has 128 valence electrons. The van der Waals surface area contributed by atoms with Gasteiger partial charge in [0.05, 0.1) is 7.11 Å². The van der Waals surface area contributed by atoms with E-state index in [1.165, 1.54) is 24.1 Å². The summed E-state index contributed by atoms with van der Waals surface area (Å²) in [6, 6.07) is 6.90. The average molecular weight is 343 g/mol. The van der Waals surface area contributed by atoms with Crippen LogP contribution in [0.5, 0.6) is 0 Å². The number of carbonyl (C=O) groups excluding carboxylic acids is 1. The number of fused-ring (bicyclic) bond motifs is 3. The molecule has 1 amide bonds. The maximum Gasteiger partial charge on any atom is 0.410 e. The highest BCUT2D eigenvalue weighted by Crippen LogP contribution is 2.39. The molecule has 1 atom stereocenters. The molecule has 0 radical (unpaired) electrons. The van der Waals surface area contributed by atoms with Gasteiger partial charge in [-0.2, -0.15) is 0 Å². The zero-order valence-corrected chi connectivity index (χ0v) is 13.4. The SMILES string of the molecule is COC(=O)N1CCc2c([nH]c3ncccc23)C1c1cccc(F)c1F. The first kappa shape index (κ1) is 15.6. The second-order valence-corrected chi connectivity index (χ2v) is 5.88. The third-order valence-electron chi connectivity index (χ3n) is 4.58. The number of nitrogens with zero attached hydrogens (tertiary/aromatic N) is 2. The molecular weight excluding hydrogens is 328 g/mol. The number of benzene rings is 1. The Hall–Kier alpha value is -2.96. The number of H-pyrrole nitrogens is 1. The molecule has 0 spiro atoms. The lowest BCUT2D eigenvalue weighted by Crippen LogP contribution is -2.41. The van der Waals surface area contributed by atoms with Crippen LogP contribution in [0.4, 0.5) is 13.6 Å². The number of halogens is 2. The molecule has 0 saturated heterocycles. The van der Waals surface area contributed by atoms with E-state index in [4.69, 9.17) is 4.74 Å². The summed E-state index contributed by atoms with van der Waals surface area (Å²) in [5.74, 6) is -1.93. The predicted octanol–water partition coefficient (Wildman–Crippen LogP) is 3.56. The maximum absolute atomic E-state index is 14.5. The van der Waals surface area contributed by atoms with E-state index < -0.39 is 23.8 Å². The van der Waals surface area contributed by atoms with Crippen molar-refractivity contribution in [2.75, 3.05) is 13.7 Å². The van der Waals surface area contributed by atoms with E-state index in [-0.39, 0.29) is 5.56 Å². The van der Waals surface area contributed by atoms with Gasteiger partial charge in [-0.3, -0.25) is 4.90 Å². The summed E-state index contributed by atoms with van der Waals surface area (Å²) in [6.45, 7) is 0.335. The Morgan fingerprint density at radius 1 is 1.32 bits per heavy atom. The number of methoxy groups -OCH3 is 1. The fraction of sp³-hybridized carbons (Fsp3) is 0.222. The highest BCUT2D eigenvalue weighted by atomic mass is 19.2. The van der Waals surface area contributed by atoms with Crippen LogP contribution in [-0.4, -0.2) is 34.6 Å². The largest absolute Gasteiger partial charge is 0.453 e. The Labute approximate surface area is 142 Å². The Morgan fingerprint density at radius 3 is 2.96 bits per heavy atom. The second kappa shape index (κ2) is 5.84. The number of carbonyl (C=O) groups is 1. The Kier molecular flexibility index (Phi) is 3.63. The normalized spacial score (nSPS) is 16.8. The van der Waals surface area contributed by atoms with Crippen LogP contribution in [0.1, 0.15) is 22.9 Å². The number of rotatable bonds is 1. The predicted molar refractivity (Wildman–Crippen MR) is 87.1 cm³/mol. The van der Waals surface area contributed by atoms with E-state index >= 15 is 0 Å². The number of hydrogen-bond acceptors (Lipinski definition) is 3. The zero-order chi connectivity index (χ0) is 17.6. The van der Waals surface area contributed by atoms with E-state index in [0.717, 1.165) is 17.0 Å². The third kappa shape index (κ3) is 2.34. The van der Waals surface area contributed by atoms with E-state index in [9.17, 15) is 13.6 Å². The highest BCUT2D eigenvalue weighted by Gasteiger charge is 2.37. The second-order valence-electron chi connectivity index (χ2n) is 5.88. The Balaban J connectivity index is 1.96. The van der Waals surface area contributed by atoms with Crippen molar-refractivity contribution in [3.05, 3.63) is 65.0 Å². The van der Waals surface area contributed by atoms with Crippen LogP contribution in [0.3, 0.4) is 0 Å². The quantitative estimate of drug-likeness (QED) is 0.735. The minimum absolute atomic E-state index is 0.0814. The van der Waals surface area contributed by atoms with Gasteiger partial charge in [0.15, 0.2) is 11.6 Å². The Morgan fingerprint density at radius 2 is 2.16 bits per heavy atom. The fourth-order valence-electron chi connectivity index (χ4n) is 3.49. The fourth-order valence-corrected chi connectivity index (χ4v) is 3.49. The molecule has 1 N–H and O–H groups in total. The molecule has 0 fully saturated rings. The van der Waals surface area contributed by atoms with Gasteiger partial charge in [-0.25, -0.2) is 18.6 Å². The number of amides is 1. The van der Waals surface area contributed by atoms with Crippen LogP contribution in [0, 0.1) is 11.6 Å². The topological polar surface area (TPSA) is 58.2 Å². The number of pyridine rings is 1. The molecule has 0 bridgehead atoms. The van der Waals surface area contributed by atoms with Crippen molar-refractivity contribution in [3.63, 3.8) is 0 Å². The van der Waals surface area contributed by atoms with Crippen molar-refractivity contribution in [2.45, 2.75) is 12.5 Å². The standard InChI is InChI=1S/C18H15F2N3O2/c1-25-18(24)23-9-7-10-11-5-3-8-21-17(11)22-15(10)16(23)12-4-2-6-13(19)14(12)20/h2-6,8,16H,7,9H2,1H3,(H,21,22). The summed E-state index contributed by atoms with van der Waals surface area (Å²) in [4.78, 5) is 21.1. The molecule has 2 aromatic heterocycles. The smallest absolute Gasteiger partial charge is 0.410 e. The van der Waals surface area contributed by atoms with Gasteiger partial charge in [-0.1, -0.05) is 12.1 Å². The van der Waals surface area contributed by atoms with Gasteiger partial charge in [0.25, 0.3) is 0 Å². The first-order valence-corrected chi connectivity index (χ1v) is 7.85. The number of aromatic amines is 1. The number of aromatic nitrogens is 2. The van der Waals surface area contributed by atoms with E-state index in [1.54, 1.807) is 6.20 Å². The minimum Gasteiger partial charge on any atom is -0.453 e. The average Bonchev–Trinajstić information content (AvgIpc) is 3.01. The van der Waals surface area contributed by atoms with E-state index in [0.29, 0.717) is 24.3 Å². The summed E-state index contributed by atoms with van der Waals surface area (Å²) in [5, 5.41) is 0.920. The van der Waals surface area contributed by atoms with Gasteiger partial charge in [-0.15, -0.1) is 0 Å². The van der Waals surface area contributed by atoms with Gasteiger partial charge < -0.3 is 9.72 Å². The molecule has 3 heterocycles. The van der Waals surface area contributed by atoms with Gasteiger partial charge in [-0.05, 0) is 30.2 Å². The number of hydrogen-bond donors (Lipinski definition) is 1. The number of ether oxygens (including phenoxy) is 1. The molecule has 1 aromatic carbocycles. The lowest BCUT2D eigenvalue weighted by Gasteiger charge is -2.35. The zero-order valence-electron chi connectivity index (χ0n) is 13.4. The van der Waals surface area contributed by atoms with Crippen molar-refractivity contribution >= 4 is 17.1 Å². The molecule has 3 aromatic rings. The van der Waals surface area contributed by atoms with Crippen LogP contribution in [0.15, 0.2) is 36.5 Å². The first-order valence-electron chi connectivity index (χ1n) is 7.85. The van der Waals surface area contributed by atoms with Gasteiger partial charge in [0.2, 0.25) is 0 Å². The molecule has 25 heavy (non-hydrogen) atoms. The number of nitrogens with one attached hydrogen (secondary N) is 1.